The van der Waals surface area contributed by atoms with Gasteiger partial charge in [-0.3, -0.25) is 9.59 Å². The van der Waals surface area contributed by atoms with Gasteiger partial charge < -0.3 is 19.7 Å². The van der Waals surface area contributed by atoms with Crippen LogP contribution < -0.4 is 19.7 Å². The third-order valence-electron chi connectivity index (χ3n) is 3.77. The van der Waals surface area contributed by atoms with Crippen molar-refractivity contribution >= 4 is 29.1 Å². The molecule has 0 aliphatic carbocycles. The lowest BCUT2D eigenvalue weighted by Crippen LogP contribution is -2.37. The fourth-order valence-corrected chi connectivity index (χ4v) is 2.66. The Morgan fingerprint density at radius 3 is 2.42 bits per heavy atom. The first-order valence-corrected chi connectivity index (χ1v) is 8.38. The van der Waals surface area contributed by atoms with E-state index in [4.69, 9.17) is 21.1 Å². The standard InChI is InChI=1S/C19H21ClN2O4/c1-13(23)22(16-7-8-17(25-2)18(12-16)26-3)10-9-21-19(24)14-5-4-6-15(20)11-14/h4-8,11-12H,9-10H2,1-3H3,(H,21,24). The average Bonchev–Trinajstić information content (AvgIpc) is 2.64. The van der Waals surface area contributed by atoms with E-state index < -0.39 is 0 Å². The number of nitrogens with zero attached hydrogens (tertiary/aromatic N) is 1. The molecule has 0 saturated carbocycles. The number of ether oxygens (including phenoxy) is 2. The van der Waals surface area contributed by atoms with Crippen molar-refractivity contribution < 1.29 is 19.1 Å². The fourth-order valence-electron chi connectivity index (χ4n) is 2.47. The molecule has 0 bridgehead atoms. The van der Waals surface area contributed by atoms with Crippen molar-refractivity contribution in [1.29, 1.82) is 0 Å². The SMILES string of the molecule is COc1ccc(N(CCNC(=O)c2cccc(Cl)c2)C(C)=O)cc1OC. The second kappa shape index (κ2) is 9.10. The lowest BCUT2D eigenvalue weighted by atomic mass is 10.2. The molecule has 2 aromatic carbocycles. The topological polar surface area (TPSA) is 67.9 Å². The van der Waals surface area contributed by atoms with Crippen LogP contribution in [0.25, 0.3) is 0 Å². The molecule has 0 aliphatic heterocycles. The van der Waals surface area contributed by atoms with Gasteiger partial charge in [0.2, 0.25) is 5.91 Å². The molecule has 1 N–H and O–H groups in total. The molecule has 138 valence electrons. The largest absolute Gasteiger partial charge is 0.493 e. The minimum absolute atomic E-state index is 0.144. The molecule has 2 aromatic rings. The first-order chi connectivity index (χ1) is 12.5. The van der Waals surface area contributed by atoms with Crippen molar-refractivity contribution in [3.63, 3.8) is 0 Å². The first-order valence-electron chi connectivity index (χ1n) is 8.00. The minimum Gasteiger partial charge on any atom is -0.493 e. The Kier molecular flexibility index (Phi) is 6.86. The molecule has 26 heavy (non-hydrogen) atoms. The molecule has 6 nitrogen and oxygen atoms in total. The molecule has 2 rings (SSSR count). The number of rotatable bonds is 7. The molecular formula is C19H21ClN2O4. The van der Waals surface area contributed by atoms with Crippen LogP contribution in [0.2, 0.25) is 5.02 Å². The third-order valence-corrected chi connectivity index (χ3v) is 4.00. The first kappa shape index (κ1) is 19.6. The Labute approximate surface area is 157 Å². The number of anilines is 1. The van der Waals surface area contributed by atoms with Crippen LogP contribution in [0.5, 0.6) is 11.5 Å². The molecule has 0 spiro atoms. The Bertz CT molecular complexity index is 795. The van der Waals surface area contributed by atoms with Crippen LogP contribution >= 0.6 is 11.6 Å². The van der Waals surface area contributed by atoms with Gasteiger partial charge in [0.1, 0.15) is 0 Å². The molecule has 0 unspecified atom stereocenters. The van der Waals surface area contributed by atoms with Gasteiger partial charge in [-0.05, 0) is 30.3 Å². The number of hydrogen-bond acceptors (Lipinski definition) is 4. The van der Waals surface area contributed by atoms with Gasteiger partial charge in [-0.25, -0.2) is 0 Å². The van der Waals surface area contributed by atoms with Gasteiger partial charge in [-0.15, -0.1) is 0 Å². The highest BCUT2D eigenvalue weighted by Crippen LogP contribution is 2.31. The fraction of sp³-hybridized carbons (Fsp3) is 0.263. The van der Waals surface area contributed by atoms with Gasteiger partial charge in [0.25, 0.3) is 5.91 Å². The van der Waals surface area contributed by atoms with E-state index >= 15 is 0 Å². The van der Waals surface area contributed by atoms with Crippen LogP contribution in [0.1, 0.15) is 17.3 Å². The van der Waals surface area contributed by atoms with E-state index in [0.29, 0.717) is 40.9 Å². The molecular weight excluding hydrogens is 356 g/mol. The lowest BCUT2D eigenvalue weighted by Gasteiger charge is -2.22. The van der Waals surface area contributed by atoms with Crippen LogP contribution in [0.3, 0.4) is 0 Å². The summed E-state index contributed by atoms with van der Waals surface area (Å²) in [6, 6.07) is 11.9. The Hall–Kier alpha value is -2.73. The lowest BCUT2D eigenvalue weighted by molar-refractivity contribution is -0.116. The molecule has 0 heterocycles. The van der Waals surface area contributed by atoms with E-state index in [1.807, 2.05) is 0 Å². The summed E-state index contributed by atoms with van der Waals surface area (Å²) in [5.74, 6) is 0.714. The second-order valence-electron chi connectivity index (χ2n) is 5.48. The highest BCUT2D eigenvalue weighted by Gasteiger charge is 2.15. The van der Waals surface area contributed by atoms with Crippen molar-refractivity contribution in [1.82, 2.24) is 5.32 Å². The predicted octanol–water partition coefficient (Wildman–Crippen LogP) is 3.14. The van der Waals surface area contributed by atoms with Crippen molar-refractivity contribution in [3.8, 4) is 11.5 Å². The van der Waals surface area contributed by atoms with E-state index in [-0.39, 0.29) is 11.8 Å². The van der Waals surface area contributed by atoms with E-state index in [1.54, 1.807) is 54.5 Å². The molecule has 0 aromatic heterocycles. The zero-order valence-corrected chi connectivity index (χ0v) is 15.7. The zero-order chi connectivity index (χ0) is 19.1. The number of methoxy groups -OCH3 is 2. The van der Waals surface area contributed by atoms with Gasteiger partial charge in [0, 0.05) is 42.4 Å². The second-order valence-corrected chi connectivity index (χ2v) is 5.91. The summed E-state index contributed by atoms with van der Waals surface area (Å²) in [6.45, 7) is 2.08. The summed E-state index contributed by atoms with van der Waals surface area (Å²) in [7, 11) is 3.08. The predicted molar refractivity (Wildman–Crippen MR) is 101 cm³/mol. The van der Waals surface area contributed by atoms with Gasteiger partial charge in [0.15, 0.2) is 11.5 Å². The highest BCUT2D eigenvalue weighted by atomic mass is 35.5. The van der Waals surface area contributed by atoms with Crippen molar-refractivity contribution in [3.05, 3.63) is 53.1 Å². The van der Waals surface area contributed by atoms with Crippen LogP contribution in [0.15, 0.2) is 42.5 Å². The van der Waals surface area contributed by atoms with Crippen LogP contribution in [-0.4, -0.2) is 39.1 Å². The van der Waals surface area contributed by atoms with Crippen LogP contribution in [-0.2, 0) is 4.79 Å². The van der Waals surface area contributed by atoms with Crippen molar-refractivity contribution in [2.24, 2.45) is 0 Å². The number of halogens is 1. The molecule has 0 aliphatic rings. The number of carbonyl (C=O) groups excluding carboxylic acids is 2. The maximum atomic E-state index is 12.2. The number of carbonyl (C=O) groups is 2. The molecule has 0 radical (unpaired) electrons. The molecule has 0 saturated heterocycles. The van der Waals surface area contributed by atoms with Crippen LogP contribution in [0.4, 0.5) is 5.69 Å². The average molecular weight is 377 g/mol. The van der Waals surface area contributed by atoms with E-state index in [2.05, 4.69) is 5.32 Å². The summed E-state index contributed by atoms with van der Waals surface area (Å²) in [5.41, 5.74) is 1.13. The van der Waals surface area contributed by atoms with Gasteiger partial charge >= 0.3 is 0 Å². The monoisotopic (exact) mass is 376 g/mol. The van der Waals surface area contributed by atoms with E-state index in [9.17, 15) is 9.59 Å². The Morgan fingerprint density at radius 1 is 1.08 bits per heavy atom. The normalized spacial score (nSPS) is 10.2. The summed E-state index contributed by atoms with van der Waals surface area (Å²) in [6.07, 6.45) is 0. The highest BCUT2D eigenvalue weighted by molar-refractivity contribution is 6.30. The smallest absolute Gasteiger partial charge is 0.251 e. The maximum Gasteiger partial charge on any atom is 0.251 e. The summed E-state index contributed by atoms with van der Waals surface area (Å²) >= 11 is 5.89. The molecule has 0 fully saturated rings. The quantitative estimate of drug-likeness (QED) is 0.806. The number of amides is 2. The van der Waals surface area contributed by atoms with Crippen molar-refractivity contribution in [2.75, 3.05) is 32.2 Å². The number of hydrogen-bond donors (Lipinski definition) is 1. The molecule has 2 amide bonds. The summed E-state index contributed by atoms with van der Waals surface area (Å²) < 4.78 is 10.5. The zero-order valence-electron chi connectivity index (χ0n) is 14.9. The van der Waals surface area contributed by atoms with Gasteiger partial charge in [0.05, 0.1) is 14.2 Å². The van der Waals surface area contributed by atoms with Gasteiger partial charge in [-0.2, -0.15) is 0 Å². The third kappa shape index (κ3) is 4.89. The maximum absolute atomic E-state index is 12.2. The Balaban J connectivity index is 2.05. The summed E-state index contributed by atoms with van der Waals surface area (Å²) in [5, 5.41) is 3.28. The van der Waals surface area contributed by atoms with Crippen LogP contribution in [0, 0.1) is 0 Å². The summed E-state index contributed by atoms with van der Waals surface area (Å²) in [4.78, 5) is 25.7. The number of nitrogens with one attached hydrogen (secondary N) is 1. The van der Waals surface area contributed by atoms with E-state index in [0.717, 1.165) is 0 Å². The van der Waals surface area contributed by atoms with E-state index in [1.165, 1.54) is 14.0 Å². The molecule has 0 atom stereocenters. The Morgan fingerprint density at radius 2 is 1.81 bits per heavy atom. The minimum atomic E-state index is -0.247. The number of benzene rings is 2. The van der Waals surface area contributed by atoms with Gasteiger partial charge in [-0.1, -0.05) is 17.7 Å². The molecule has 7 heteroatoms. The van der Waals surface area contributed by atoms with Crippen molar-refractivity contribution in [2.45, 2.75) is 6.92 Å².